The topological polar surface area (TPSA) is 69.1 Å². The fourth-order valence-corrected chi connectivity index (χ4v) is 2.06. The predicted octanol–water partition coefficient (Wildman–Crippen LogP) is 0.0201. The van der Waals surface area contributed by atoms with Crippen molar-refractivity contribution in [3.05, 3.63) is 0 Å². The first kappa shape index (κ1) is 9.67. The van der Waals surface area contributed by atoms with Gasteiger partial charge in [-0.05, 0) is 12.8 Å². The van der Waals surface area contributed by atoms with E-state index >= 15 is 0 Å². The SMILES string of the molecule is Cl.NC(=O)C12CC(N)(C1)C2(F)F. The van der Waals surface area contributed by atoms with E-state index in [1.165, 1.54) is 0 Å². The maximum Gasteiger partial charge on any atom is 0.280 e. The van der Waals surface area contributed by atoms with Crippen molar-refractivity contribution in [1.29, 1.82) is 0 Å². The van der Waals surface area contributed by atoms with Crippen LogP contribution in [0.4, 0.5) is 8.78 Å². The molecule has 0 aromatic rings. The standard InChI is InChI=1S/C6H8F2N2O.ClH/c7-6(8)4(3(9)11)1-5(6,10)2-4;/h1-2,10H2,(H2,9,11);1H. The van der Waals surface area contributed by atoms with Crippen LogP contribution in [-0.2, 0) is 4.79 Å². The minimum absolute atomic E-state index is 0. The number of carbonyl (C=O) groups excluding carboxylic acids is 1. The predicted molar refractivity (Wildman–Crippen MR) is 40.0 cm³/mol. The van der Waals surface area contributed by atoms with E-state index in [1.807, 2.05) is 0 Å². The summed E-state index contributed by atoms with van der Waals surface area (Å²) in [5, 5.41) is 0. The zero-order valence-corrected chi connectivity index (χ0v) is 6.96. The molecule has 6 heteroatoms. The maximum atomic E-state index is 12.8. The molecule has 12 heavy (non-hydrogen) atoms. The molecule has 0 saturated heterocycles. The zero-order chi connectivity index (χ0) is 8.49. The first-order chi connectivity index (χ1) is 4.86. The molecule has 0 heterocycles. The molecule has 0 radical (unpaired) electrons. The molecule has 0 unspecified atom stereocenters. The fourth-order valence-electron chi connectivity index (χ4n) is 2.06. The number of nitrogens with two attached hydrogens (primary N) is 2. The summed E-state index contributed by atoms with van der Waals surface area (Å²) in [6.07, 6.45) is 0.0880. The second-order valence-electron chi connectivity index (χ2n) is 3.53. The van der Waals surface area contributed by atoms with Crippen LogP contribution in [-0.4, -0.2) is 17.4 Å². The molecule has 2 bridgehead atoms. The Morgan fingerprint density at radius 2 is 1.75 bits per heavy atom. The van der Waals surface area contributed by atoms with Crippen LogP contribution in [0.2, 0.25) is 0 Å². The van der Waals surface area contributed by atoms with E-state index in [1.54, 1.807) is 0 Å². The number of amides is 1. The Kier molecular flexibility index (Phi) is 1.53. The lowest BCUT2D eigenvalue weighted by Crippen LogP contribution is -2.90. The van der Waals surface area contributed by atoms with E-state index in [0.717, 1.165) is 0 Å². The third-order valence-electron chi connectivity index (χ3n) is 2.93. The Morgan fingerprint density at radius 1 is 1.33 bits per heavy atom. The van der Waals surface area contributed by atoms with Gasteiger partial charge in [-0.1, -0.05) is 0 Å². The molecule has 3 nitrogen and oxygen atoms in total. The molecule has 3 aliphatic rings. The molecule has 3 fully saturated rings. The highest BCUT2D eigenvalue weighted by molar-refractivity contribution is 5.87. The monoisotopic (exact) mass is 198 g/mol. The minimum atomic E-state index is -3.06. The third-order valence-corrected chi connectivity index (χ3v) is 2.93. The number of halogens is 3. The number of hydrogen-bond acceptors (Lipinski definition) is 2. The fraction of sp³-hybridized carbons (Fsp3) is 0.833. The summed E-state index contributed by atoms with van der Waals surface area (Å²) >= 11 is 0. The minimum Gasteiger partial charge on any atom is -0.369 e. The average molecular weight is 199 g/mol. The third kappa shape index (κ3) is 0.557. The van der Waals surface area contributed by atoms with Crippen molar-refractivity contribution in [2.75, 3.05) is 0 Å². The van der Waals surface area contributed by atoms with E-state index < -0.39 is 22.8 Å². The molecule has 3 aliphatic carbocycles. The lowest BCUT2D eigenvalue weighted by molar-refractivity contribution is -0.341. The van der Waals surface area contributed by atoms with E-state index in [4.69, 9.17) is 11.5 Å². The van der Waals surface area contributed by atoms with Crippen molar-refractivity contribution in [3.63, 3.8) is 0 Å². The van der Waals surface area contributed by atoms with Gasteiger partial charge in [0.1, 0.15) is 5.41 Å². The van der Waals surface area contributed by atoms with Crippen LogP contribution < -0.4 is 11.5 Å². The second kappa shape index (κ2) is 1.90. The van der Waals surface area contributed by atoms with E-state index in [-0.39, 0.29) is 25.2 Å². The quantitative estimate of drug-likeness (QED) is 0.624. The molecule has 0 aliphatic heterocycles. The van der Waals surface area contributed by atoms with Crippen molar-refractivity contribution in [3.8, 4) is 0 Å². The van der Waals surface area contributed by atoms with Crippen LogP contribution in [0, 0.1) is 5.41 Å². The Bertz CT molecular complexity index is 250. The van der Waals surface area contributed by atoms with Gasteiger partial charge < -0.3 is 11.5 Å². The molecule has 0 aromatic heterocycles. The zero-order valence-electron chi connectivity index (χ0n) is 6.14. The number of hydrogen-bond donors (Lipinski definition) is 2. The first-order valence-corrected chi connectivity index (χ1v) is 3.32. The van der Waals surface area contributed by atoms with Crippen molar-refractivity contribution >= 4 is 18.3 Å². The highest BCUT2D eigenvalue weighted by atomic mass is 35.5. The first-order valence-electron chi connectivity index (χ1n) is 3.32. The molecule has 70 valence electrons. The summed E-state index contributed by atoms with van der Waals surface area (Å²) in [5.41, 5.74) is 7.04. The van der Waals surface area contributed by atoms with Gasteiger partial charge in [-0.15, -0.1) is 12.4 Å². The van der Waals surface area contributed by atoms with Gasteiger partial charge in [0.15, 0.2) is 0 Å². The maximum absolute atomic E-state index is 12.8. The van der Waals surface area contributed by atoms with Gasteiger partial charge in [-0.3, -0.25) is 4.79 Å². The van der Waals surface area contributed by atoms with Gasteiger partial charge in [0.25, 0.3) is 5.92 Å². The molecule has 3 saturated carbocycles. The summed E-state index contributed by atoms with van der Waals surface area (Å²) in [5.74, 6) is -3.99. The van der Waals surface area contributed by atoms with Crippen molar-refractivity contribution in [2.24, 2.45) is 16.9 Å². The summed E-state index contributed by atoms with van der Waals surface area (Å²) < 4.78 is 25.7. The molecule has 0 aromatic carbocycles. The van der Waals surface area contributed by atoms with Crippen molar-refractivity contribution in [1.82, 2.24) is 0 Å². The lowest BCUT2D eigenvalue weighted by Gasteiger charge is -2.71. The van der Waals surface area contributed by atoms with Gasteiger partial charge in [0.05, 0.1) is 5.54 Å². The molecule has 0 spiro atoms. The highest BCUT2D eigenvalue weighted by Crippen LogP contribution is 2.74. The van der Waals surface area contributed by atoms with Gasteiger partial charge in [0, 0.05) is 0 Å². The molecule has 0 atom stereocenters. The molecule has 3 rings (SSSR count). The van der Waals surface area contributed by atoms with Gasteiger partial charge >= 0.3 is 0 Å². The Labute approximate surface area is 73.9 Å². The van der Waals surface area contributed by atoms with Crippen LogP contribution in [0.3, 0.4) is 0 Å². The van der Waals surface area contributed by atoms with E-state index in [0.29, 0.717) is 0 Å². The second-order valence-corrected chi connectivity index (χ2v) is 3.53. The molecule has 1 amide bonds. The number of carbonyl (C=O) groups is 1. The number of rotatable bonds is 1. The summed E-state index contributed by atoms with van der Waals surface area (Å²) in [4.78, 5) is 10.6. The van der Waals surface area contributed by atoms with Crippen molar-refractivity contribution in [2.45, 2.75) is 24.3 Å². The van der Waals surface area contributed by atoms with Crippen LogP contribution >= 0.6 is 12.4 Å². The number of primary amides is 1. The Morgan fingerprint density at radius 3 is 1.83 bits per heavy atom. The van der Waals surface area contributed by atoms with Gasteiger partial charge in [-0.25, -0.2) is 8.78 Å². The molecular formula is C6H9ClF2N2O. The van der Waals surface area contributed by atoms with Crippen LogP contribution in [0.5, 0.6) is 0 Å². The van der Waals surface area contributed by atoms with Crippen LogP contribution in [0.15, 0.2) is 0 Å². The Balaban J connectivity index is 0.000000720. The van der Waals surface area contributed by atoms with Gasteiger partial charge in [-0.2, -0.15) is 0 Å². The summed E-state index contributed by atoms with van der Waals surface area (Å²) in [7, 11) is 0. The van der Waals surface area contributed by atoms with Crippen molar-refractivity contribution < 1.29 is 13.6 Å². The van der Waals surface area contributed by atoms with Gasteiger partial charge in [0.2, 0.25) is 5.91 Å². The molecule has 4 N–H and O–H groups in total. The largest absolute Gasteiger partial charge is 0.369 e. The number of alkyl halides is 2. The highest BCUT2D eigenvalue weighted by Gasteiger charge is 2.89. The average Bonchev–Trinajstić information content (AvgIpc) is 1.81. The molecular weight excluding hydrogens is 190 g/mol. The van der Waals surface area contributed by atoms with Crippen LogP contribution in [0.25, 0.3) is 0 Å². The lowest BCUT2D eigenvalue weighted by atomic mass is 9.36. The Hall–Kier alpha value is -0.420. The van der Waals surface area contributed by atoms with E-state index in [9.17, 15) is 13.6 Å². The normalized spacial score (nSPS) is 46.6. The summed E-state index contributed by atoms with van der Waals surface area (Å²) in [6.45, 7) is 0. The summed E-state index contributed by atoms with van der Waals surface area (Å²) in [6, 6.07) is 0. The smallest absolute Gasteiger partial charge is 0.280 e. The van der Waals surface area contributed by atoms with Crippen LogP contribution in [0.1, 0.15) is 12.8 Å². The van der Waals surface area contributed by atoms with E-state index in [2.05, 4.69) is 0 Å².